The number of rotatable bonds is 4. The fourth-order valence-corrected chi connectivity index (χ4v) is 9.46. The molecule has 150 valence electrons. The molecule has 3 aromatic carbocycles. The van der Waals surface area contributed by atoms with Gasteiger partial charge < -0.3 is 4.57 Å². The predicted molar refractivity (Wildman–Crippen MR) is 134 cm³/mol. The van der Waals surface area contributed by atoms with Crippen LogP contribution in [0.15, 0.2) is 103 Å². The number of allylic oxidation sites excluding steroid dienone is 1. The summed E-state index contributed by atoms with van der Waals surface area (Å²) in [4.78, 5) is 0. The largest absolute Gasteiger partial charge is 0.314 e. The van der Waals surface area contributed by atoms with Gasteiger partial charge in [0.05, 0.1) is 0 Å². The predicted octanol–water partition coefficient (Wildman–Crippen LogP) is 6.12. The normalized spacial score (nSPS) is 18.7. The Bertz CT molecular complexity index is 987. The fourth-order valence-electron chi connectivity index (χ4n) is 3.68. The smallest absolute Gasteiger partial charge is 0.138 e. The molecular weight excluding hydrogens is 410 g/mol. The second kappa shape index (κ2) is 9.86. The molecule has 1 fully saturated rings. The van der Waals surface area contributed by atoms with E-state index in [0.29, 0.717) is 0 Å². The van der Waals surface area contributed by atoms with E-state index in [2.05, 4.69) is 62.0 Å². The van der Waals surface area contributed by atoms with Gasteiger partial charge in [0, 0.05) is 17.5 Å². The van der Waals surface area contributed by atoms with Crippen LogP contribution in [0.3, 0.4) is 0 Å². The second-order valence-corrected chi connectivity index (χ2v) is 15.3. The Morgan fingerprint density at radius 1 is 0.862 bits per heavy atom. The van der Waals surface area contributed by atoms with Gasteiger partial charge in [-0.25, -0.2) is 0 Å². The first-order valence-corrected chi connectivity index (χ1v) is 14.9. The van der Waals surface area contributed by atoms with E-state index in [1.165, 1.54) is 10.6 Å². The number of hydrogen-bond acceptors (Lipinski definition) is 2. The Balaban J connectivity index is 0.000000169. The van der Waals surface area contributed by atoms with Crippen molar-refractivity contribution in [3.63, 3.8) is 0 Å². The van der Waals surface area contributed by atoms with Crippen LogP contribution in [0.1, 0.15) is 19.8 Å². The second-order valence-electron chi connectivity index (χ2n) is 7.20. The van der Waals surface area contributed by atoms with Crippen molar-refractivity contribution in [2.45, 2.75) is 19.8 Å². The summed E-state index contributed by atoms with van der Waals surface area (Å²) in [7, 11) is -2.21. The summed E-state index contributed by atoms with van der Waals surface area (Å²) in [5, 5.41) is 4.58. The van der Waals surface area contributed by atoms with Crippen LogP contribution in [-0.4, -0.2) is 12.3 Å². The van der Waals surface area contributed by atoms with Crippen LogP contribution in [0.4, 0.5) is 0 Å². The molecular formula is C25H28OP2S. The molecule has 3 aromatic rings. The summed E-state index contributed by atoms with van der Waals surface area (Å²) in [6, 6.07) is 29.2. The van der Waals surface area contributed by atoms with Crippen LogP contribution in [0, 0.1) is 0 Å². The molecule has 1 saturated heterocycles. The highest BCUT2D eigenvalue weighted by Gasteiger charge is 2.32. The molecule has 0 unspecified atom stereocenters. The first kappa shape index (κ1) is 22.0. The van der Waals surface area contributed by atoms with Gasteiger partial charge in [0.1, 0.15) is 7.14 Å². The summed E-state index contributed by atoms with van der Waals surface area (Å²) in [6.45, 7) is 6.12. The van der Waals surface area contributed by atoms with Crippen molar-refractivity contribution in [2.75, 3.05) is 12.3 Å². The van der Waals surface area contributed by atoms with Crippen molar-refractivity contribution in [1.82, 2.24) is 0 Å². The lowest BCUT2D eigenvalue weighted by Crippen LogP contribution is -2.16. The average Bonchev–Trinajstić information content (AvgIpc) is 3.15. The van der Waals surface area contributed by atoms with Crippen molar-refractivity contribution in [1.29, 1.82) is 0 Å². The van der Waals surface area contributed by atoms with E-state index in [-0.39, 0.29) is 0 Å². The third kappa shape index (κ3) is 4.89. The van der Waals surface area contributed by atoms with E-state index in [1.54, 1.807) is 0 Å². The number of hydrogen-bond donors (Lipinski definition) is 0. The van der Waals surface area contributed by atoms with E-state index < -0.39 is 13.2 Å². The minimum absolute atomic E-state index is 0.815. The lowest BCUT2D eigenvalue weighted by atomic mass is 10.3. The van der Waals surface area contributed by atoms with Gasteiger partial charge in [0.2, 0.25) is 0 Å². The molecule has 1 aliphatic rings. The van der Waals surface area contributed by atoms with Gasteiger partial charge in [-0.05, 0) is 34.9 Å². The van der Waals surface area contributed by atoms with E-state index in [0.717, 1.165) is 35.8 Å². The molecule has 0 aliphatic carbocycles. The molecule has 1 heterocycles. The van der Waals surface area contributed by atoms with Gasteiger partial charge >= 0.3 is 0 Å². The molecule has 4 rings (SSSR count). The fraction of sp³-hybridized carbons (Fsp3) is 0.200. The minimum atomic E-state index is -2.21. The topological polar surface area (TPSA) is 17.1 Å². The summed E-state index contributed by atoms with van der Waals surface area (Å²) in [5.41, 5.74) is 0. The minimum Gasteiger partial charge on any atom is -0.314 e. The lowest BCUT2D eigenvalue weighted by Gasteiger charge is -2.21. The number of benzene rings is 3. The summed E-state index contributed by atoms with van der Waals surface area (Å²) >= 11 is 5.95. The zero-order valence-corrected chi connectivity index (χ0v) is 19.5. The molecule has 0 N–H and O–H groups in total. The Hall–Kier alpha value is -1.72. The van der Waals surface area contributed by atoms with Crippen molar-refractivity contribution in [3.8, 4) is 0 Å². The molecule has 0 amide bonds. The van der Waals surface area contributed by atoms with Crippen molar-refractivity contribution >= 4 is 40.9 Å². The molecule has 0 spiro atoms. The van der Waals surface area contributed by atoms with Crippen LogP contribution in [0.25, 0.3) is 0 Å². The monoisotopic (exact) mass is 438 g/mol. The van der Waals surface area contributed by atoms with E-state index in [9.17, 15) is 4.57 Å². The first-order valence-electron chi connectivity index (χ1n) is 10.0. The summed E-state index contributed by atoms with van der Waals surface area (Å²) < 4.78 is 12.4. The molecule has 0 saturated carbocycles. The Labute approximate surface area is 180 Å². The zero-order valence-electron chi connectivity index (χ0n) is 16.9. The van der Waals surface area contributed by atoms with Crippen LogP contribution in [-0.2, 0) is 16.4 Å². The van der Waals surface area contributed by atoms with Gasteiger partial charge in [-0.3, -0.25) is 0 Å². The van der Waals surface area contributed by atoms with E-state index in [4.69, 9.17) is 11.8 Å². The lowest BCUT2D eigenvalue weighted by molar-refractivity contribution is 0.587. The maximum absolute atomic E-state index is 12.4. The van der Waals surface area contributed by atoms with E-state index in [1.807, 2.05) is 42.5 Å². The van der Waals surface area contributed by atoms with Gasteiger partial charge in [-0.2, -0.15) is 0 Å². The highest BCUT2D eigenvalue weighted by atomic mass is 32.4. The molecule has 1 aliphatic heterocycles. The third-order valence-corrected chi connectivity index (χ3v) is 13.9. The van der Waals surface area contributed by atoms with E-state index >= 15 is 0 Å². The van der Waals surface area contributed by atoms with Gasteiger partial charge in [-0.1, -0.05) is 116 Å². The molecule has 29 heavy (non-hydrogen) atoms. The van der Waals surface area contributed by atoms with Crippen LogP contribution < -0.4 is 15.9 Å². The summed E-state index contributed by atoms with van der Waals surface area (Å²) in [6.07, 6.45) is 3.82. The third-order valence-electron chi connectivity index (χ3n) is 5.41. The Morgan fingerprint density at radius 2 is 1.31 bits per heavy atom. The molecule has 4 heteroatoms. The zero-order chi connectivity index (χ0) is 20.7. The maximum atomic E-state index is 12.4. The average molecular weight is 439 g/mol. The van der Waals surface area contributed by atoms with Crippen LogP contribution in [0.2, 0.25) is 0 Å². The molecule has 1 nitrogen and oxygen atoms in total. The highest BCUT2D eigenvalue weighted by Crippen LogP contribution is 2.59. The SMILES string of the molecule is C=C1CCC[P@]1(=O)c1ccccc1.CCP(=S)(c1ccccc1)c1ccccc1. The van der Waals surface area contributed by atoms with Crippen molar-refractivity contribution in [2.24, 2.45) is 0 Å². The standard InChI is InChI=1S/C14H15PS.C11H13OP/c1-2-15(16,13-9-5-3-6-10-13)14-11-7-4-8-12-14;1-10-6-5-9-13(10,12)11-7-3-2-4-8-11/h3-12H,2H2,1H3;2-4,7-8H,1,5-6,9H2/t;13-/m.1/s1. The Kier molecular flexibility index (Phi) is 7.47. The van der Waals surface area contributed by atoms with Gasteiger partial charge in [-0.15, -0.1) is 0 Å². The molecule has 0 bridgehead atoms. The van der Waals surface area contributed by atoms with Crippen LogP contribution in [0.5, 0.6) is 0 Å². The van der Waals surface area contributed by atoms with Crippen LogP contribution >= 0.6 is 13.2 Å². The molecule has 0 radical (unpaired) electrons. The molecule has 1 atom stereocenters. The van der Waals surface area contributed by atoms with Crippen molar-refractivity contribution < 1.29 is 4.57 Å². The highest BCUT2D eigenvalue weighted by molar-refractivity contribution is 8.21. The quantitative estimate of drug-likeness (QED) is 0.457. The molecule has 0 aromatic heterocycles. The summed E-state index contributed by atoms with van der Waals surface area (Å²) in [5.74, 6) is 0. The van der Waals surface area contributed by atoms with Crippen molar-refractivity contribution in [3.05, 3.63) is 103 Å². The Morgan fingerprint density at radius 3 is 1.69 bits per heavy atom. The maximum Gasteiger partial charge on any atom is 0.138 e. The van der Waals surface area contributed by atoms with Gasteiger partial charge in [0.15, 0.2) is 0 Å². The first-order chi connectivity index (χ1) is 14.0. The van der Waals surface area contributed by atoms with Gasteiger partial charge in [0.25, 0.3) is 0 Å².